The standard InChI is InChI=1S/C12H11BrN2/c13-10-4-6-11(7-5-10)15-12-3-1-2-9(12)8-14-15/h4-8H,1-3H2. The number of halogens is 1. The number of fused-ring (bicyclic) bond motifs is 1. The summed E-state index contributed by atoms with van der Waals surface area (Å²) in [5.41, 5.74) is 3.96. The van der Waals surface area contributed by atoms with E-state index in [4.69, 9.17) is 0 Å². The first-order chi connectivity index (χ1) is 7.34. The van der Waals surface area contributed by atoms with Gasteiger partial charge in [-0.1, -0.05) is 15.9 Å². The van der Waals surface area contributed by atoms with Gasteiger partial charge in [-0.3, -0.25) is 0 Å². The van der Waals surface area contributed by atoms with Crippen LogP contribution >= 0.6 is 15.9 Å². The number of aromatic nitrogens is 2. The molecule has 0 saturated carbocycles. The van der Waals surface area contributed by atoms with Crippen molar-refractivity contribution in [2.24, 2.45) is 0 Å². The van der Waals surface area contributed by atoms with E-state index in [1.165, 1.54) is 24.1 Å². The number of hydrogen-bond donors (Lipinski definition) is 0. The van der Waals surface area contributed by atoms with Gasteiger partial charge in [-0.05, 0) is 49.1 Å². The highest BCUT2D eigenvalue weighted by atomic mass is 79.9. The molecule has 0 bridgehead atoms. The third-order valence-electron chi connectivity index (χ3n) is 2.89. The van der Waals surface area contributed by atoms with Crippen molar-refractivity contribution in [2.45, 2.75) is 19.3 Å². The van der Waals surface area contributed by atoms with Gasteiger partial charge in [0, 0.05) is 10.2 Å². The first-order valence-electron chi connectivity index (χ1n) is 5.16. The molecule has 0 radical (unpaired) electrons. The van der Waals surface area contributed by atoms with Crippen LogP contribution in [-0.4, -0.2) is 9.78 Å². The molecular formula is C12H11BrN2. The Morgan fingerprint density at radius 2 is 1.93 bits per heavy atom. The molecule has 2 aromatic rings. The molecule has 3 heteroatoms. The van der Waals surface area contributed by atoms with E-state index in [-0.39, 0.29) is 0 Å². The summed E-state index contributed by atoms with van der Waals surface area (Å²) >= 11 is 3.44. The second-order valence-corrected chi connectivity index (χ2v) is 4.77. The summed E-state index contributed by atoms with van der Waals surface area (Å²) in [4.78, 5) is 0. The van der Waals surface area contributed by atoms with Gasteiger partial charge in [0.15, 0.2) is 0 Å². The molecule has 0 fully saturated rings. The van der Waals surface area contributed by atoms with E-state index in [0.717, 1.165) is 16.6 Å². The van der Waals surface area contributed by atoms with E-state index in [1.54, 1.807) is 0 Å². The van der Waals surface area contributed by atoms with Crippen LogP contribution < -0.4 is 0 Å². The molecule has 0 unspecified atom stereocenters. The maximum Gasteiger partial charge on any atom is 0.0649 e. The fourth-order valence-corrected chi connectivity index (χ4v) is 2.40. The van der Waals surface area contributed by atoms with Crippen molar-refractivity contribution in [3.05, 3.63) is 46.2 Å². The van der Waals surface area contributed by atoms with Gasteiger partial charge in [-0.25, -0.2) is 4.68 Å². The van der Waals surface area contributed by atoms with Crippen LogP contribution in [0, 0.1) is 0 Å². The van der Waals surface area contributed by atoms with Crippen molar-refractivity contribution in [3.8, 4) is 5.69 Å². The summed E-state index contributed by atoms with van der Waals surface area (Å²) in [6, 6.07) is 8.29. The Balaban J connectivity index is 2.09. The Morgan fingerprint density at radius 3 is 2.73 bits per heavy atom. The minimum absolute atomic E-state index is 1.11. The zero-order chi connectivity index (χ0) is 10.3. The smallest absolute Gasteiger partial charge is 0.0649 e. The highest BCUT2D eigenvalue weighted by Crippen LogP contribution is 2.24. The SMILES string of the molecule is Brc1ccc(-n2ncc3c2CCC3)cc1. The molecule has 3 rings (SSSR count). The van der Waals surface area contributed by atoms with E-state index in [0.29, 0.717) is 0 Å². The van der Waals surface area contributed by atoms with Gasteiger partial charge in [-0.2, -0.15) is 5.10 Å². The first-order valence-corrected chi connectivity index (χ1v) is 5.95. The molecule has 0 spiro atoms. The van der Waals surface area contributed by atoms with Crippen molar-refractivity contribution in [1.29, 1.82) is 0 Å². The van der Waals surface area contributed by atoms with Gasteiger partial charge in [-0.15, -0.1) is 0 Å². The van der Waals surface area contributed by atoms with Crippen LogP contribution in [0.3, 0.4) is 0 Å². The average molecular weight is 263 g/mol. The van der Waals surface area contributed by atoms with Crippen LogP contribution in [0.4, 0.5) is 0 Å². The molecule has 1 heterocycles. The van der Waals surface area contributed by atoms with Crippen LogP contribution in [0.25, 0.3) is 5.69 Å². The van der Waals surface area contributed by atoms with Crippen LogP contribution in [-0.2, 0) is 12.8 Å². The van der Waals surface area contributed by atoms with Crippen LogP contribution in [0.1, 0.15) is 17.7 Å². The zero-order valence-electron chi connectivity index (χ0n) is 8.28. The van der Waals surface area contributed by atoms with E-state index in [2.05, 4.69) is 50.0 Å². The molecule has 1 aliphatic carbocycles. The molecule has 76 valence electrons. The van der Waals surface area contributed by atoms with Gasteiger partial charge in [0.1, 0.15) is 0 Å². The van der Waals surface area contributed by atoms with Crippen LogP contribution in [0.2, 0.25) is 0 Å². The minimum atomic E-state index is 1.11. The molecule has 1 aromatic heterocycles. The van der Waals surface area contributed by atoms with Crippen LogP contribution in [0.15, 0.2) is 34.9 Å². The Bertz CT molecular complexity index is 485. The lowest BCUT2D eigenvalue weighted by molar-refractivity contribution is 0.784. The molecule has 15 heavy (non-hydrogen) atoms. The highest BCUT2D eigenvalue weighted by molar-refractivity contribution is 9.10. The normalized spacial score (nSPS) is 14.2. The molecule has 0 N–H and O–H groups in total. The lowest BCUT2D eigenvalue weighted by Crippen LogP contribution is -2.00. The number of rotatable bonds is 1. The topological polar surface area (TPSA) is 17.8 Å². The molecular weight excluding hydrogens is 252 g/mol. The minimum Gasteiger partial charge on any atom is -0.238 e. The monoisotopic (exact) mass is 262 g/mol. The molecule has 0 amide bonds. The third kappa shape index (κ3) is 1.51. The maximum atomic E-state index is 4.44. The number of benzene rings is 1. The lowest BCUT2D eigenvalue weighted by Gasteiger charge is -2.05. The highest BCUT2D eigenvalue weighted by Gasteiger charge is 2.16. The van der Waals surface area contributed by atoms with Gasteiger partial charge >= 0.3 is 0 Å². The Labute approximate surface area is 97.1 Å². The summed E-state index contributed by atoms with van der Waals surface area (Å²) in [5.74, 6) is 0. The summed E-state index contributed by atoms with van der Waals surface area (Å²) < 4.78 is 3.17. The first kappa shape index (κ1) is 9.16. The van der Waals surface area contributed by atoms with Gasteiger partial charge < -0.3 is 0 Å². The molecule has 0 aliphatic heterocycles. The quantitative estimate of drug-likeness (QED) is 0.772. The van der Waals surface area contributed by atoms with Crippen LogP contribution in [0.5, 0.6) is 0 Å². The van der Waals surface area contributed by atoms with Gasteiger partial charge in [0.2, 0.25) is 0 Å². The Kier molecular flexibility index (Phi) is 2.13. The largest absolute Gasteiger partial charge is 0.238 e. The summed E-state index contributed by atoms with van der Waals surface area (Å²) in [7, 11) is 0. The number of nitrogens with zero attached hydrogens (tertiary/aromatic N) is 2. The number of aryl methyl sites for hydroxylation is 1. The average Bonchev–Trinajstić information content (AvgIpc) is 2.80. The Hall–Kier alpha value is -1.09. The molecule has 1 aliphatic rings. The van der Waals surface area contributed by atoms with E-state index in [1.807, 2.05) is 6.20 Å². The predicted molar refractivity (Wildman–Crippen MR) is 63.3 cm³/mol. The summed E-state index contributed by atoms with van der Waals surface area (Å²) in [5, 5.41) is 4.44. The molecule has 2 nitrogen and oxygen atoms in total. The molecule has 0 atom stereocenters. The molecule has 0 saturated heterocycles. The second kappa shape index (κ2) is 3.49. The fourth-order valence-electron chi connectivity index (χ4n) is 2.13. The summed E-state index contributed by atoms with van der Waals surface area (Å²) in [6.07, 6.45) is 5.62. The van der Waals surface area contributed by atoms with Crippen molar-refractivity contribution in [1.82, 2.24) is 9.78 Å². The maximum absolute atomic E-state index is 4.44. The van der Waals surface area contributed by atoms with E-state index < -0.39 is 0 Å². The fraction of sp³-hybridized carbons (Fsp3) is 0.250. The van der Waals surface area contributed by atoms with Gasteiger partial charge in [0.05, 0.1) is 11.9 Å². The lowest BCUT2D eigenvalue weighted by atomic mass is 10.3. The van der Waals surface area contributed by atoms with Crippen molar-refractivity contribution in [2.75, 3.05) is 0 Å². The second-order valence-electron chi connectivity index (χ2n) is 3.86. The van der Waals surface area contributed by atoms with E-state index >= 15 is 0 Å². The summed E-state index contributed by atoms with van der Waals surface area (Å²) in [6.45, 7) is 0. The molecule has 1 aromatic carbocycles. The van der Waals surface area contributed by atoms with Gasteiger partial charge in [0.25, 0.3) is 0 Å². The van der Waals surface area contributed by atoms with Crippen molar-refractivity contribution in [3.63, 3.8) is 0 Å². The van der Waals surface area contributed by atoms with Crippen molar-refractivity contribution >= 4 is 15.9 Å². The number of hydrogen-bond acceptors (Lipinski definition) is 1. The third-order valence-corrected chi connectivity index (χ3v) is 3.41. The zero-order valence-corrected chi connectivity index (χ0v) is 9.87. The predicted octanol–water partition coefficient (Wildman–Crippen LogP) is 3.12. The van der Waals surface area contributed by atoms with E-state index in [9.17, 15) is 0 Å². The Morgan fingerprint density at radius 1 is 1.13 bits per heavy atom. The van der Waals surface area contributed by atoms with Crippen molar-refractivity contribution < 1.29 is 0 Å².